The van der Waals surface area contributed by atoms with Crippen LogP contribution >= 0.6 is 0 Å². The molecule has 0 unspecified atom stereocenters. The quantitative estimate of drug-likeness (QED) is 0.333. The highest BCUT2D eigenvalue weighted by molar-refractivity contribution is 7.89. The Hall–Kier alpha value is -2.39. The molecular formula is C20H31N5O3S. The van der Waals surface area contributed by atoms with Crippen LogP contribution in [0.5, 0.6) is 0 Å². The van der Waals surface area contributed by atoms with Gasteiger partial charge in [0.1, 0.15) is 0 Å². The van der Waals surface area contributed by atoms with Crippen LogP contribution in [0.3, 0.4) is 0 Å². The van der Waals surface area contributed by atoms with Gasteiger partial charge in [-0.15, -0.1) is 0 Å². The van der Waals surface area contributed by atoms with E-state index in [9.17, 15) is 13.2 Å². The standard InChI is InChI=1S/C20H31N5O3S/c1-25(2)19(26)15-24-20(22-13-12-16-6-4-3-5-7-16)23-14-17-8-10-18(11-9-17)29(21,27)28/h6,8-11H,3-5,7,12-15H2,1-2H3,(H2,21,27,28)(H2,22,23,24). The van der Waals surface area contributed by atoms with E-state index in [2.05, 4.69) is 21.7 Å². The van der Waals surface area contributed by atoms with Crippen molar-refractivity contribution in [2.24, 2.45) is 10.1 Å². The molecule has 1 aliphatic rings. The van der Waals surface area contributed by atoms with Crippen LogP contribution < -0.4 is 15.8 Å². The fourth-order valence-corrected chi connectivity index (χ4v) is 3.44. The highest BCUT2D eigenvalue weighted by Crippen LogP contribution is 2.19. The lowest BCUT2D eigenvalue weighted by molar-refractivity contribution is -0.127. The Kier molecular flexibility index (Phi) is 8.66. The van der Waals surface area contributed by atoms with Crippen molar-refractivity contribution in [3.8, 4) is 0 Å². The molecule has 0 heterocycles. The molecule has 0 aromatic heterocycles. The predicted octanol–water partition coefficient (Wildman–Crippen LogP) is 1.35. The maximum atomic E-state index is 11.9. The van der Waals surface area contributed by atoms with Gasteiger partial charge >= 0.3 is 0 Å². The Bertz CT molecular complexity index is 845. The molecule has 1 aromatic carbocycles. The van der Waals surface area contributed by atoms with Crippen LogP contribution in [-0.4, -0.2) is 52.4 Å². The second-order valence-electron chi connectivity index (χ2n) is 7.28. The van der Waals surface area contributed by atoms with E-state index in [0.29, 0.717) is 12.5 Å². The highest BCUT2D eigenvalue weighted by Gasteiger charge is 2.09. The lowest BCUT2D eigenvalue weighted by atomic mass is 9.97. The van der Waals surface area contributed by atoms with Crippen LogP contribution in [0.1, 0.15) is 37.7 Å². The maximum Gasteiger partial charge on any atom is 0.241 e. The second kappa shape index (κ2) is 11.0. The van der Waals surface area contributed by atoms with Gasteiger partial charge in [-0.3, -0.25) is 4.79 Å². The molecule has 0 radical (unpaired) electrons. The summed E-state index contributed by atoms with van der Waals surface area (Å²) in [5.41, 5.74) is 2.30. The van der Waals surface area contributed by atoms with Crippen molar-refractivity contribution in [3.63, 3.8) is 0 Å². The van der Waals surface area contributed by atoms with Gasteiger partial charge in [-0.05, 0) is 49.8 Å². The number of rotatable bonds is 8. The van der Waals surface area contributed by atoms with Gasteiger partial charge in [0.05, 0.1) is 18.0 Å². The van der Waals surface area contributed by atoms with Crippen molar-refractivity contribution in [3.05, 3.63) is 41.5 Å². The summed E-state index contributed by atoms with van der Waals surface area (Å²) < 4.78 is 22.7. The number of carbonyl (C=O) groups is 1. The van der Waals surface area contributed by atoms with E-state index in [1.807, 2.05) is 0 Å². The Morgan fingerprint density at radius 2 is 1.90 bits per heavy atom. The number of hydrogen-bond acceptors (Lipinski definition) is 4. The number of hydrogen-bond donors (Lipinski definition) is 3. The predicted molar refractivity (Wildman–Crippen MR) is 115 cm³/mol. The zero-order valence-corrected chi connectivity index (χ0v) is 18.0. The second-order valence-corrected chi connectivity index (χ2v) is 8.84. The average molecular weight is 422 g/mol. The lowest BCUT2D eigenvalue weighted by Gasteiger charge is -2.16. The molecular weight excluding hydrogens is 390 g/mol. The number of likely N-dealkylation sites (N-methyl/N-ethyl adjacent to an activating group) is 1. The van der Waals surface area contributed by atoms with Crippen LogP contribution in [-0.2, 0) is 21.4 Å². The summed E-state index contributed by atoms with van der Waals surface area (Å²) in [6.45, 7) is 1.23. The van der Waals surface area contributed by atoms with E-state index in [1.54, 1.807) is 26.2 Å². The van der Waals surface area contributed by atoms with E-state index in [0.717, 1.165) is 31.4 Å². The number of allylic oxidation sites excluding steroid dienone is 1. The molecule has 0 spiro atoms. The molecule has 4 N–H and O–H groups in total. The molecule has 29 heavy (non-hydrogen) atoms. The van der Waals surface area contributed by atoms with Crippen molar-refractivity contribution in [1.82, 2.24) is 15.5 Å². The fourth-order valence-electron chi connectivity index (χ4n) is 2.92. The lowest BCUT2D eigenvalue weighted by Crippen LogP contribution is -2.43. The molecule has 8 nitrogen and oxygen atoms in total. The van der Waals surface area contributed by atoms with Crippen molar-refractivity contribution >= 4 is 21.9 Å². The zero-order valence-electron chi connectivity index (χ0n) is 17.1. The summed E-state index contributed by atoms with van der Waals surface area (Å²) in [7, 11) is -0.297. The number of carbonyl (C=O) groups excluding carboxylic acids is 1. The monoisotopic (exact) mass is 421 g/mol. The van der Waals surface area contributed by atoms with Crippen molar-refractivity contribution in [2.45, 2.75) is 43.5 Å². The van der Waals surface area contributed by atoms with Gasteiger partial charge in [0.25, 0.3) is 0 Å². The Morgan fingerprint density at radius 1 is 1.17 bits per heavy atom. The largest absolute Gasteiger partial charge is 0.356 e. The van der Waals surface area contributed by atoms with Crippen molar-refractivity contribution in [1.29, 1.82) is 0 Å². The van der Waals surface area contributed by atoms with Gasteiger partial charge in [-0.1, -0.05) is 23.8 Å². The first-order valence-corrected chi connectivity index (χ1v) is 11.3. The molecule has 0 fully saturated rings. The number of amides is 1. The normalized spacial score (nSPS) is 14.9. The van der Waals surface area contributed by atoms with E-state index >= 15 is 0 Å². The molecule has 0 aliphatic heterocycles. The first-order valence-electron chi connectivity index (χ1n) is 9.77. The van der Waals surface area contributed by atoms with Crippen molar-refractivity contribution < 1.29 is 13.2 Å². The Morgan fingerprint density at radius 3 is 2.48 bits per heavy atom. The van der Waals surface area contributed by atoms with Crippen LogP contribution in [0, 0.1) is 0 Å². The van der Waals surface area contributed by atoms with E-state index in [-0.39, 0.29) is 17.3 Å². The molecule has 1 amide bonds. The molecule has 2 rings (SSSR count). The number of nitrogens with zero attached hydrogens (tertiary/aromatic N) is 2. The molecule has 160 valence electrons. The summed E-state index contributed by atoms with van der Waals surface area (Å²) in [4.78, 5) is 18.0. The summed E-state index contributed by atoms with van der Waals surface area (Å²) >= 11 is 0. The molecule has 1 aliphatic carbocycles. The third kappa shape index (κ3) is 8.25. The third-order valence-corrected chi connectivity index (χ3v) is 5.63. The van der Waals surface area contributed by atoms with Crippen LogP contribution in [0.25, 0.3) is 0 Å². The fraction of sp³-hybridized carbons (Fsp3) is 0.500. The Labute approximate surface area is 173 Å². The minimum Gasteiger partial charge on any atom is -0.356 e. The first kappa shape index (κ1) is 22.9. The maximum absolute atomic E-state index is 11.9. The minimum absolute atomic E-state index is 0.0491. The molecule has 1 aromatic rings. The van der Waals surface area contributed by atoms with Gasteiger partial charge in [0.15, 0.2) is 5.96 Å². The first-order chi connectivity index (χ1) is 13.8. The number of aliphatic imine (C=N–C) groups is 1. The van der Waals surface area contributed by atoms with Crippen molar-refractivity contribution in [2.75, 3.05) is 27.2 Å². The number of primary sulfonamides is 1. The Balaban J connectivity index is 1.98. The zero-order chi connectivity index (χ0) is 21.3. The van der Waals surface area contributed by atoms with Crippen LogP contribution in [0.15, 0.2) is 45.8 Å². The SMILES string of the molecule is CN(C)C(=O)CNC(=NCc1ccc(S(N)(=O)=O)cc1)NCCC1=CCCCC1. The number of nitrogens with two attached hydrogens (primary N) is 1. The average Bonchev–Trinajstić information content (AvgIpc) is 2.69. The van der Waals surface area contributed by atoms with Crippen LogP contribution in [0.2, 0.25) is 0 Å². The van der Waals surface area contributed by atoms with Gasteiger partial charge in [-0.2, -0.15) is 0 Å². The number of sulfonamides is 1. The topological polar surface area (TPSA) is 117 Å². The molecule has 0 saturated carbocycles. The molecule has 0 atom stereocenters. The molecule has 0 saturated heterocycles. The van der Waals surface area contributed by atoms with Gasteiger partial charge in [0, 0.05) is 20.6 Å². The minimum atomic E-state index is -3.71. The highest BCUT2D eigenvalue weighted by atomic mass is 32.2. The summed E-state index contributed by atoms with van der Waals surface area (Å²) in [6.07, 6.45) is 8.08. The van der Waals surface area contributed by atoms with E-state index in [4.69, 9.17) is 5.14 Å². The van der Waals surface area contributed by atoms with Crippen LogP contribution in [0.4, 0.5) is 0 Å². The van der Waals surface area contributed by atoms with Gasteiger partial charge < -0.3 is 15.5 Å². The summed E-state index contributed by atoms with van der Waals surface area (Å²) in [5, 5.41) is 11.5. The molecule has 9 heteroatoms. The third-order valence-electron chi connectivity index (χ3n) is 4.70. The van der Waals surface area contributed by atoms with E-state index < -0.39 is 10.0 Å². The van der Waals surface area contributed by atoms with Gasteiger partial charge in [-0.25, -0.2) is 18.5 Å². The number of benzene rings is 1. The summed E-state index contributed by atoms with van der Waals surface area (Å²) in [6, 6.07) is 6.29. The molecule has 0 bridgehead atoms. The summed E-state index contributed by atoms with van der Waals surface area (Å²) in [5.74, 6) is 0.499. The van der Waals surface area contributed by atoms with E-state index in [1.165, 1.54) is 35.4 Å². The van der Waals surface area contributed by atoms with Gasteiger partial charge in [0.2, 0.25) is 15.9 Å². The number of nitrogens with one attached hydrogen (secondary N) is 2. The number of guanidine groups is 1. The smallest absolute Gasteiger partial charge is 0.241 e.